The van der Waals surface area contributed by atoms with Gasteiger partial charge in [-0.1, -0.05) is 61.7 Å². The van der Waals surface area contributed by atoms with Crippen molar-refractivity contribution in [2.45, 2.75) is 57.8 Å². The number of nitrogens with one attached hydrogen (secondary N) is 1. The molecule has 1 amide bonds. The van der Waals surface area contributed by atoms with E-state index in [1.807, 2.05) is 12.1 Å². The molecule has 2 N–H and O–H groups in total. The molecule has 0 atom stereocenters. The monoisotopic (exact) mass is 583 g/mol. The molecule has 0 saturated carbocycles. The van der Waals surface area contributed by atoms with E-state index in [9.17, 15) is 13.2 Å². The van der Waals surface area contributed by atoms with E-state index in [4.69, 9.17) is 27.8 Å². The molecular weight excluding hydrogens is 545 g/mol. The number of amides is 1. The number of rotatable bonds is 7. The van der Waals surface area contributed by atoms with Crippen molar-refractivity contribution in [3.63, 3.8) is 0 Å². The van der Waals surface area contributed by atoms with Gasteiger partial charge in [0.15, 0.2) is 0 Å². The maximum Gasteiger partial charge on any atom is 0.261 e. The van der Waals surface area contributed by atoms with Gasteiger partial charge in [0.05, 0.1) is 22.0 Å². The number of hydrogen-bond donors (Lipinski definition) is 2. The Bertz CT molecular complexity index is 1200. The first-order chi connectivity index (χ1) is 17.8. The third-order valence-electron chi connectivity index (χ3n) is 7.15. The third-order valence-corrected chi connectivity index (χ3v) is 7.96. The predicted octanol–water partition coefficient (Wildman–Crippen LogP) is 6.04. The normalized spacial score (nSPS) is 17.6. The van der Waals surface area contributed by atoms with Gasteiger partial charge < -0.3 is 10.2 Å². The fourth-order valence-corrected chi connectivity index (χ4v) is 5.42. The number of hydrogen-bond acceptors (Lipinski definition) is 5. The van der Waals surface area contributed by atoms with Gasteiger partial charge in [-0.15, -0.1) is 0 Å². The van der Waals surface area contributed by atoms with Gasteiger partial charge in [0, 0.05) is 38.3 Å². The molecule has 7 nitrogen and oxygen atoms in total. The number of anilines is 2. The first-order valence-electron chi connectivity index (χ1n) is 13.1. The molecule has 38 heavy (non-hydrogen) atoms. The maximum atomic E-state index is 12.1. The van der Waals surface area contributed by atoms with Crippen LogP contribution in [0, 0.1) is 0 Å². The number of nitrogens with zero attached hydrogens (tertiary/aromatic N) is 2. The Labute approximate surface area is 237 Å². The van der Waals surface area contributed by atoms with Crippen LogP contribution in [0.5, 0.6) is 0 Å². The Hall–Kier alpha value is -1.84. The largest absolute Gasteiger partial charge is 0.368 e. The highest BCUT2D eigenvalue weighted by Gasteiger charge is 2.28. The molecule has 4 rings (SSSR count). The Balaban J connectivity index is 0.000000732. The molecule has 0 radical (unpaired) electrons. The van der Waals surface area contributed by atoms with E-state index in [0.717, 1.165) is 56.9 Å². The summed E-state index contributed by atoms with van der Waals surface area (Å²) in [5.41, 5.74) is 4.67. The summed E-state index contributed by atoms with van der Waals surface area (Å²) in [6.45, 7) is 9.69. The fraction of sp³-hybridized carbons (Fsp3) is 0.536. The summed E-state index contributed by atoms with van der Waals surface area (Å²) in [6.07, 6.45) is 6.87. The minimum atomic E-state index is -3.67. The molecule has 10 heteroatoms. The minimum absolute atomic E-state index is 0.0369. The second-order valence-corrected chi connectivity index (χ2v) is 13.0. The third kappa shape index (κ3) is 9.42. The standard InChI is InChI=1S/C27H35Cl2N3O.CH4O3S/c1-27(2)13-12-25(33)30-23-19-20(10-11-21(23)27)7-4-3-5-14-31-15-17-32(18-16-31)24-9-6-8-22(28)26(24)29;1-5(2,3)4/h6,8-11,19H,3-5,7,12-18H2,1-2H3,(H,30,33);1H3,(H,2,3,4). The lowest BCUT2D eigenvalue weighted by Crippen LogP contribution is -2.46. The van der Waals surface area contributed by atoms with Gasteiger partial charge in [-0.2, -0.15) is 8.42 Å². The lowest BCUT2D eigenvalue weighted by molar-refractivity contribution is -0.116. The fourth-order valence-electron chi connectivity index (χ4n) is 5.00. The average molecular weight is 585 g/mol. The highest BCUT2D eigenvalue weighted by molar-refractivity contribution is 7.85. The zero-order valence-electron chi connectivity index (χ0n) is 22.5. The molecule has 0 aromatic heterocycles. The van der Waals surface area contributed by atoms with Gasteiger partial charge in [-0.05, 0) is 67.0 Å². The van der Waals surface area contributed by atoms with E-state index in [1.165, 1.54) is 30.4 Å². The highest BCUT2D eigenvalue weighted by Crippen LogP contribution is 2.37. The highest BCUT2D eigenvalue weighted by atomic mass is 35.5. The summed E-state index contributed by atoms with van der Waals surface area (Å²) in [5.74, 6) is 0.136. The Morgan fingerprint density at radius 2 is 1.71 bits per heavy atom. The number of piperazine rings is 1. The van der Waals surface area contributed by atoms with Crippen LogP contribution < -0.4 is 10.2 Å². The molecule has 2 heterocycles. The first-order valence-corrected chi connectivity index (χ1v) is 15.7. The Morgan fingerprint density at radius 1 is 1.03 bits per heavy atom. The molecule has 1 fully saturated rings. The molecule has 2 aliphatic rings. The molecule has 210 valence electrons. The second-order valence-electron chi connectivity index (χ2n) is 10.8. The number of aryl methyl sites for hydroxylation is 1. The van der Waals surface area contributed by atoms with Gasteiger partial charge in [0.25, 0.3) is 10.1 Å². The number of carbonyl (C=O) groups is 1. The van der Waals surface area contributed by atoms with Crippen LogP contribution in [0.15, 0.2) is 36.4 Å². The van der Waals surface area contributed by atoms with Crippen LogP contribution in [0.2, 0.25) is 10.0 Å². The number of fused-ring (bicyclic) bond motifs is 1. The van der Waals surface area contributed by atoms with Gasteiger partial charge in [0.2, 0.25) is 5.91 Å². The van der Waals surface area contributed by atoms with Crippen molar-refractivity contribution in [3.05, 3.63) is 57.6 Å². The average Bonchev–Trinajstić information content (AvgIpc) is 2.95. The first kappa shape index (κ1) is 30.7. The van der Waals surface area contributed by atoms with E-state index in [2.05, 4.69) is 53.2 Å². The summed E-state index contributed by atoms with van der Waals surface area (Å²) in [6, 6.07) is 12.5. The van der Waals surface area contributed by atoms with Crippen molar-refractivity contribution >= 4 is 50.6 Å². The van der Waals surface area contributed by atoms with Gasteiger partial charge >= 0.3 is 0 Å². The molecule has 0 spiro atoms. The zero-order valence-corrected chi connectivity index (χ0v) is 24.8. The van der Waals surface area contributed by atoms with Gasteiger partial charge in [0.1, 0.15) is 0 Å². The molecular formula is C28H39Cl2N3O4S. The smallest absolute Gasteiger partial charge is 0.261 e. The van der Waals surface area contributed by atoms with Crippen LogP contribution in [-0.4, -0.2) is 62.8 Å². The molecule has 0 aliphatic carbocycles. The van der Waals surface area contributed by atoms with Crippen molar-refractivity contribution < 1.29 is 17.8 Å². The van der Waals surface area contributed by atoms with E-state index in [1.54, 1.807) is 0 Å². The van der Waals surface area contributed by atoms with E-state index < -0.39 is 10.1 Å². The second kappa shape index (κ2) is 13.5. The quantitative estimate of drug-likeness (QED) is 0.305. The molecule has 1 saturated heterocycles. The van der Waals surface area contributed by atoms with Crippen molar-refractivity contribution in [2.75, 3.05) is 49.2 Å². The summed E-state index contributed by atoms with van der Waals surface area (Å²) >= 11 is 12.6. The lowest BCUT2D eigenvalue weighted by Gasteiger charge is -2.36. The number of halogens is 2. The van der Waals surface area contributed by atoms with Crippen LogP contribution in [0.25, 0.3) is 0 Å². The van der Waals surface area contributed by atoms with Gasteiger partial charge in [-0.25, -0.2) is 0 Å². The van der Waals surface area contributed by atoms with Crippen molar-refractivity contribution in [3.8, 4) is 0 Å². The van der Waals surface area contributed by atoms with Crippen LogP contribution >= 0.6 is 23.2 Å². The van der Waals surface area contributed by atoms with Crippen molar-refractivity contribution in [1.82, 2.24) is 4.90 Å². The molecule has 2 aliphatic heterocycles. The van der Waals surface area contributed by atoms with Crippen LogP contribution in [0.3, 0.4) is 0 Å². The summed E-state index contributed by atoms with van der Waals surface area (Å²) < 4.78 is 25.9. The Kier molecular flexibility index (Phi) is 10.9. The lowest BCUT2D eigenvalue weighted by atomic mass is 9.80. The van der Waals surface area contributed by atoms with Crippen molar-refractivity contribution in [1.29, 1.82) is 0 Å². The van der Waals surface area contributed by atoms with Crippen LogP contribution in [0.4, 0.5) is 11.4 Å². The van der Waals surface area contributed by atoms with Crippen LogP contribution in [-0.2, 0) is 26.7 Å². The zero-order chi connectivity index (χ0) is 27.9. The molecule has 2 aromatic rings. The number of benzene rings is 2. The maximum absolute atomic E-state index is 12.1. The van der Waals surface area contributed by atoms with Crippen molar-refractivity contribution in [2.24, 2.45) is 0 Å². The molecule has 0 unspecified atom stereocenters. The van der Waals surface area contributed by atoms with E-state index >= 15 is 0 Å². The summed E-state index contributed by atoms with van der Waals surface area (Å²) in [7, 11) is -3.67. The van der Waals surface area contributed by atoms with Crippen LogP contribution in [0.1, 0.15) is 57.1 Å². The van der Waals surface area contributed by atoms with Gasteiger partial charge in [-0.3, -0.25) is 14.2 Å². The topological polar surface area (TPSA) is 90.0 Å². The molecule has 2 aromatic carbocycles. The Morgan fingerprint density at radius 3 is 2.39 bits per heavy atom. The number of unbranched alkanes of at least 4 members (excludes halogenated alkanes) is 2. The number of carbonyl (C=O) groups excluding carboxylic acids is 1. The SMILES string of the molecule is CC1(C)CCC(=O)Nc2cc(CCCCCN3CCN(c4cccc(Cl)c4Cl)CC3)ccc21.CS(=O)(=O)O. The molecule has 0 bridgehead atoms. The summed E-state index contributed by atoms with van der Waals surface area (Å²) in [4.78, 5) is 17.0. The van der Waals surface area contributed by atoms with E-state index in [-0.39, 0.29) is 11.3 Å². The predicted molar refractivity (Wildman–Crippen MR) is 157 cm³/mol. The summed E-state index contributed by atoms with van der Waals surface area (Å²) in [5, 5.41) is 4.40. The van der Waals surface area contributed by atoms with E-state index in [0.29, 0.717) is 22.7 Å². The minimum Gasteiger partial charge on any atom is -0.368 e.